The molecule has 0 unspecified atom stereocenters. The first-order valence-corrected chi connectivity index (χ1v) is 9.49. The highest BCUT2D eigenvalue weighted by Crippen LogP contribution is 2.30. The van der Waals surface area contributed by atoms with E-state index in [1.54, 1.807) is 31.2 Å². The lowest BCUT2D eigenvalue weighted by Gasteiger charge is -2.12. The van der Waals surface area contributed by atoms with Crippen molar-refractivity contribution in [1.82, 2.24) is 18.7 Å². The van der Waals surface area contributed by atoms with Crippen LogP contribution in [0.3, 0.4) is 0 Å². The number of aromatic nitrogens is 4. The fraction of sp³-hybridized carbons (Fsp3) is 0.368. The molecule has 1 aliphatic carbocycles. The van der Waals surface area contributed by atoms with Crippen molar-refractivity contribution < 1.29 is 9.53 Å². The minimum Gasteiger partial charge on any atom is -0.465 e. The van der Waals surface area contributed by atoms with E-state index in [1.807, 2.05) is 0 Å². The Hall–Kier alpha value is -2.87. The average molecular weight is 403 g/mol. The van der Waals surface area contributed by atoms with E-state index in [0.717, 1.165) is 12.8 Å². The van der Waals surface area contributed by atoms with E-state index in [0.29, 0.717) is 23.2 Å². The molecule has 0 saturated heterocycles. The smallest absolute Gasteiger partial charge is 0.337 e. The predicted molar refractivity (Wildman–Crippen MR) is 104 cm³/mol. The van der Waals surface area contributed by atoms with E-state index in [1.165, 1.54) is 20.0 Å². The van der Waals surface area contributed by atoms with Gasteiger partial charge < -0.3 is 9.30 Å². The van der Waals surface area contributed by atoms with Gasteiger partial charge in [0.15, 0.2) is 11.2 Å². The van der Waals surface area contributed by atoms with E-state index in [4.69, 9.17) is 16.3 Å². The minimum atomic E-state index is -0.476. The number of carbonyl (C=O) groups excluding carboxylic acids is 1. The van der Waals surface area contributed by atoms with Gasteiger partial charge in [-0.05, 0) is 43.9 Å². The highest BCUT2D eigenvalue weighted by atomic mass is 35.5. The van der Waals surface area contributed by atoms with Gasteiger partial charge in [-0.15, -0.1) is 0 Å². The van der Waals surface area contributed by atoms with Crippen LogP contribution in [0.1, 0.15) is 19.8 Å². The first-order chi connectivity index (χ1) is 13.5. The van der Waals surface area contributed by atoms with E-state index in [9.17, 15) is 14.4 Å². The third-order valence-electron chi connectivity index (χ3n) is 4.71. The molecule has 0 atom stereocenters. The van der Waals surface area contributed by atoms with Crippen LogP contribution in [0.2, 0.25) is 5.02 Å². The van der Waals surface area contributed by atoms with Crippen LogP contribution in [0.25, 0.3) is 16.9 Å². The molecule has 0 radical (unpaired) electrons. The molecule has 146 valence electrons. The molecule has 0 spiro atoms. The Morgan fingerprint density at radius 3 is 2.79 bits per heavy atom. The number of rotatable bonds is 6. The Balaban J connectivity index is 1.97. The summed E-state index contributed by atoms with van der Waals surface area (Å²) in [6, 6.07) is 6.79. The molecule has 3 aromatic rings. The lowest BCUT2D eigenvalue weighted by atomic mass is 10.3. The van der Waals surface area contributed by atoms with Crippen LogP contribution < -0.4 is 11.2 Å². The highest BCUT2D eigenvalue weighted by molar-refractivity contribution is 6.30. The maximum Gasteiger partial charge on any atom is 0.337 e. The van der Waals surface area contributed by atoms with Crippen molar-refractivity contribution in [2.45, 2.75) is 32.9 Å². The van der Waals surface area contributed by atoms with Crippen molar-refractivity contribution in [3.63, 3.8) is 0 Å². The van der Waals surface area contributed by atoms with Gasteiger partial charge in [-0.25, -0.2) is 14.3 Å². The van der Waals surface area contributed by atoms with Crippen molar-refractivity contribution >= 4 is 28.7 Å². The van der Waals surface area contributed by atoms with E-state index < -0.39 is 17.2 Å². The number of halogens is 1. The second kappa shape index (κ2) is 7.27. The van der Waals surface area contributed by atoms with Crippen molar-refractivity contribution in [2.75, 3.05) is 6.61 Å². The Labute approximate surface area is 164 Å². The van der Waals surface area contributed by atoms with Gasteiger partial charge in [-0.1, -0.05) is 17.7 Å². The molecule has 0 bridgehead atoms. The molecule has 9 heteroatoms. The molecular weight excluding hydrogens is 384 g/mol. The molecule has 2 heterocycles. The van der Waals surface area contributed by atoms with Crippen molar-refractivity contribution in [3.05, 3.63) is 56.5 Å². The Morgan fingerprint density at radius 1 is 1.32 bits per heavy atom. The summed E-state index contributed by atoms with van der Waals surface area (Å²) in [5, 5.41) is 0.462. The summed E-state index contributed by atoms with van der Waals surface area (Å²) in [6.07, 6.45) is 3.36. The van der Waals surface area contributed by atoms with Crippen LogP contribution in [-0.4, -0.2) is 31.3 Å². The zero-order valence-electron chi connectivity index (χ0n) is 15.3. The summed E-state index contributed by atoms with van der Waals surface area (Å²) < 4.78 is 9.00. The summed E-state index contributed by atoms with van der Waals surface area (Å²) in [6.45, 7) is 2.14. The van der Waals surface area contributed by atoms with Crippen molar-refractivity contribution in [3.8, 4) is 5.69 Å². The van der Waals surface area contributed by atoms with Crippen LogP contribution in [0.5, 0.6) is 0 Å². The second-order valence-corrected chi connectivity index (χ2v) is 7.24. The van der Waals surface area contributed by atoms with Crippen LogP contribution in [0, 0.1) is 5.92 Å². The molecule has 0 aliphatic heterocycles. The second-order valence-electron chi connectivity index (χ2n) is 6.81. The summed E-state index contributed by atoms with van der Waals surface area (Å²) in [4.78, 5) is 42.4. The number of esters is 1. The Bertz CT molecular complexity index is 1170. The fourth-order valence-electron chi connectivity index (χ4n) is 3.21. The molecule has 1 aliphatic rings. The number of hydrogen-bond donors (Lipinski definition) is 0. The third-order valence-corrected chi connectivity index (χ3v) is 4.94. The summed E-state index contributed by atoms with van der Waals surface area (Å²) in [5.74, 6) is -0.160. The van der Waals surface area contributed by atoms with Gasteiger partial charge in [0.2, 0.25) is 0 Å². The van der Waals surface area contributed by atoms with Crippen LogP contribution in [0.4, 0.5) is 0 Å². The molecular formula is C19H19ClN4O4. The molecule has 4 rings (SSSR count). The SMILES string of the molecule is CCOC(=O)Cn1cnc2c1c(=O)n(CC1CC1)c(=O)n2-c1cccc(Cl)c1. The van der Waals surface area contributed by atoms with Gasteiger partial charge in [0, 0.05) is 11.6 Å². The van der Waals surface area contributed by atoms with Crippen molar-refractivity contribution in [2.24, 2.45) is 5.92 Å². The number of nitrogens with zero attached hydrogens (tertiary/aromatic N) is 4. The van der Waals surface area contributed by atoms with Gasteiger partial charge in [-0.2, -0.15) is 0 Å². The number of ether oxygens (including phenoxy) is 1. The largest absolute Gasteiger partial charge is 0.465 e. The molecule has 2 aromatic heterocycles. The molecule has 1 aromatic carbocycles. The molecule has 8 nitrogen and oxygen atoms in total. The quantitative estimate of drug-likeness (QED) is 0.588. The molecule has 0 N–H and O–H groups in total. The van der Waals surface area contributed by atoms with Gasteiger partial charge in [0.05, 0.1) is 18.6 Å². The van der Waals surface area contributed by atoms with Gasteiger partial charge in [0.25, 0.3) is 5.56 Å². The van der Waals surface area contributed by atoms with E-state index >= 15 is 0 Å². The van der Waals surface area contributed by atoms with E-state index in [2.05, 4.69) is 4.98 Å². The topological polar surface area (TPSA) is 88.1 Å². The first kappa shape index (κ1) is 18.5. The number of carbonyl (C=O) groups is 1. The molecule has 1 saturated carbocycles. The maximum absolute atomic E-state index is 13.2. The normalized spacial score (nSPS) is 13.8. The fourth-order valence-corrected chi connectivity index (χ4v) is 3.40. The summed E-state index contributed by atoms with van der Waals surface area (Å²) in [5.41, 5.74) is -0.0321. The van der Waals surface area contributed by atoms with E-state index in [-0.39, 0.29) is 24.3 Å². The summed E-state index contributed by atoms with van der Waals surface area (Å²) >= 11 is 6.10. The average Bonchev–Trinajstić information content (AvgIpc) is 3.39. The summed E-state index contributed by atoms with van der Waals surface area (Å²) in [7, 11) is 0. The standard InChI is InChI=1S/C19H19ClN4O4/c1-2-28-15(25)10-22-11-21-17-16(22)18(26)23(9-12-6-7-12)19(27)24(17)14-5-3-4-13(20)8-14/h3-5,8,11-12H,2,6-7,9-10H2,1H3. The van der Waals surface area contributed by atoms with Crippen LogP contribution >= 0.6 is 11.6 Å². The predicted octanol–water partition coefficient (Wildman–Crippen LogP) is 1.98. The Morgan fingerprint density at radius 2 is 2.11 bits per heavy atom. The lowest BCUT2D eigenvalue weighted by molar-refractivity contribution is -0.143. The zero-order chi connectivity index (χ0) is 19.8. The van der Waals surface area contributed by atoms with Gasteiger partial charge in [-0.3, -0.25) is 14.2 Å². The third kappa shape index (κ3) is 3.35. The number of hydrogen-bond acceptors (Lipinski definition) is 5. The monoisotopic (exact) mass is 402 g/mol. The molecule has 28 heavy (non-hydrogen) atoms. The lowest BCUT2D eigenvalue weighted by Crippen LogP contribution is -2.40. The number of imidazole rings is 1. The first-order valence-electron chi connectivity index (χ1n) is 9.12. The zero-order valence-corrected chi connectivity index (χ0v) is 16.1. The van der Waals surface area contributed by atoms with Crippen molar-refractivity contribution in [1.29, 1.82) is 0 Å². The van der Waals surface area contributed by atoms with Crippen LogP contribution in [0.15, 0.2) is 40.2 Å². The molecule has 0 amide bonds. The maximum atomic E-state index is 13.2. The number of fused-ring (bicyclic) bond motifs is 1. The molecule has 1 fully saturated rings. The van der Waals surface area contributed by atoms with Crippen LogP contribution in [-0.2, 0) is 22.6 Å². The highest BCUT2D eigenvalue weighted by Gasteiger charge is 2.26. The minimum absolute atomic E-state index is 0.156. The Kier molecular flexibility index (Phi) is 4.80. The number of benzene rings is 1. The van der Waals surface area contributed by atoms with Gasteiger partial charge >= 0.3 is 11.7 Å². The van der Waals surface area contributed by atoms with Gasteiger partial charge in [0.1, 0.15) is 6.54 Å².